The Bertz CT molecular complexity index is 508. The number of phenolic OH excluding ortho intramolecular Hbond substituents is 1. The standard InChI is InChI=1S/C12H12ClN3O/c13-9-3-1-7(14)5-10(9)16-11-6-8(15)2-4-12(11)17/h1-6,16-17H,14-15H2. The third kappa shape index (κ3) is 2.54. The summed E-state index contributed by atoms with van der Waals surface area (Å²) in [6.45, 7) is 0. The molecule has 0 aliphatic rings. The highest BCUT2D eigenvalue weighted by Gasteiger charge is 2.05. The molecule has 0 aromatic heterocycles. The molecule has 88 valence electrons. The molecule has 0 aliphatic heterocycles. The fourth-order valence-corrected chi connectivity index (χ4v) is 1.60. The normalized spacial score (nSPS) is 10.2. The predicted molar refractivity (Wildman–Crippen MR) is 71.7 cm³/mol. The van der Waals surface area contributed by atoms with Crippen molar-refractivity contribution in [1.29, 1.82) is 0 Å². The van der Waals surface area contributed by atoms with Crippen LogP contribution < -0.4 is 16.8 Å². The number of benzene rings is 2. The summed E-state index contributed by atoms with van der Waals surface area (Å²) in [4.78, 5) is 0. The van der Waals surface area contributed by atoms with E-state index in [1.165, 1.54) is 6.07 Å². The largest absolute Gasteiger partial charge is 0.506 e. The lowest BCUT2D eigenvalue weighted by molar-refractivity contribution is 0.478. The van der Waals surface area contributed by atoms with Gasteiger partial charge in [-0.3, -0.25) is 0 Å². The van der Waals surface area contributed by atoms with E-state index in [1.807, 2.05) is 0 Å². The molecule has 2 aromatic carbocycles. The summed E-state index contributed by atoms with van der Waals surface area (Å²) < 4.78 is 0. The van der Waals surface area contributed by atoms with E-state index in [0.29, 0.717) is 27.8 Å². The van der Waals surface area contributed by atoms with E-state index in [4.69, 9.17) is 23.1 Å². The Morgan fingerprint density at radius 2 is 1.53 bits per heavy atom. The van der Waals surface area contributed by atoms with Gasteiger partial charge in [-0.15, -0.1) is 0 Å². The Labute approximate surface area is 104 Å². The van der Waals surface area contributed by atoms with Gasteiger partial charge in [0.1, 0.15) is 5.75 Å². The molecule has 2 rings (SSSR count). The van der Waals surface area contributed by atoms with Gasteiger partial charge in [-0.1, -0.05) is 11.6 Å². The van der Waals surface area contributed by atoms with Crippen molar-refractivity contribution >= 4 is 34.4 Å². The van der Waals surface area contributed by atoms with Crippen LogP contribution in [0.2, 0.25) is 5.02 Å². The zero-order valence-corrected chi connectivity index (χ0v) is 9.70. The number of hydrogen-bond acceptors (Lipinski definition) is 4. The molecular formula is C12H12ClN3O. The first kappa shape index (κ1) is 11.4. The van der Waals surface area contributed by atoms with Crippen LogP contribution in [0.5, 0.6) is 5.75 Å². The van der Waals surface area contributed by atoms with Gasteiger partial charge in [0.2, 0.25) is 0 Å². The van der Waals surface area contributed by atoms with Gasteiger partial charge in [0, 0.05) is 11.4 Å². The van der Waals surface area contributed by atoms with E-state index in [9.17, 15) is 5.11 Å². The minimum absolute atomic E-state index is 0.0951. The number of nitrogen functional groups attached to an aromatic ring is 2. The van der Waals surface area contributed by atoms with Crippen LogP contribution in [-0.2, 0) is 0 Å². The second kappa shape index (κ2) is 4.43. The first-order valence-corrected chi connectivity index (χ1v) is 5.34. The monoisotopic (exact) mass is 249 g/mol. The summed E-state index contributed by atoms with van der Waals surface area (Å²) in [5.41, 5.74) is 13.5. The van der Waals surface area contributed by atoms with Gasteiger partial charge < -0.3 is 21.9 Å². The molecule has 0 bridgehead atoms. The summed E-state index contributed by atoms with van der Waals surface area (Å²) in [6, 6.07) is 9.81. The molecule has 0 aliphatic carbocycles. The maximum absolute atomic E-state index is 9.66. The van der Waals surface area contributed by atoms with Crippen molar-refractivity contribution in [2.75, 3.05) is 16.8 Å². The van der Waals surface area contributed by atoms with Crippen molar-refractivity contribution in [2.45, 2.75) is 0 Å². The Morgan fingerprint density at radius 3 is 2.24 bits per heavy atom. The molecular weight excluding hydrogens is 238 g/mol. The smallest absolute Gasteiger partial charge is 0.139 e. The summed E-state index contributed by atoms with van der Waals surface area (Å²) in [5, 5.41) is 13.2. The average molecular weight is 250 g/mol. The van der Waals surface area contributed by atoms with Crippen LogP contribution in [0.4, 0.5) is 22.7 Å². The van der Waals surface area contributed by atoms with Crippen LogP contribution in [0.25, 0.3) is 0 Å². The Kier molecular flexibility index (Phi) is 2.97. The lowest BCUT2D eigenvalue weighted by Gasteiger charge is -2.11. The van der Waals surface area contributed by atoms with Gasteiger partial charge in [-0.05, 0) is 36.4 Å². The molecule has 0 fully saturated rings. The molecule has 0 saturated heterocycles. The molecule has 0 unspecified atom stereocenters. The summed E-state index contributed by atoms with van der Waals surface area (Å²) in [5.74, 6) is 0.0951. The number of aromatic hydroxyl groups is 1. The average Bonchev–Trinajstić information content (AvgIpc) is 2.28. The maximum atomic E-state index is 9.66. The van der Waals surface area contributed by atoms with E-state index in [0.717, 1.165) is 0 Å². The van der Waals surface area contributed by atoms with Crippen LogP contribution in [-0.4, -0.2) is 5.11 Å². The summed E-state index contributed by atoms with van der Waals surface area (Å²) in [7, 11) is 0. The van der Waals surface area contributed by atoms with Crippen LogP contribution in [0.15, 0.2) is 36.4 Å². The van der Waals surface area contributed by atoms with Crippen molar-refractivity contribution in [3.63, 3.8) is 0 Å². The van der Waals surface area contributed by atoms with E-state index in [2.05, 4.69) is 5.32 Å². The topological polar surface area (TPSA) is 84.3 Å². The Balaban J connectivity index is 2.37. The molecule has 5 heteroatoms. The second-order valence-corrected chi connectivity index (χ2v) is 4.05. The van der Waals surface area contributed by atoms with Crippen LogP contribution in [0.3, 0.4) is 0 Å². The molecule has 0 spiro atoms. The molecule has 0 radical (unpaired) electrons. The van der Waals surface area contributed by atoms with Crippen LogP contribution in [0.1, 0.15) is 0 Å². The van der Waals surface area contributed by atoms with E-state index in [1.54, 1.807) is 30.3 Å². The zero-order chi connectivity index (χ0) is 12.4. The minimum Gasteiger partial charge on any atom is -0.506 e. The van der Waals surface area contributed by atoms with E-state index in [-0.39, 0.29) is 5.75 Å². The van der Waals surface area contributed by atoms with Gasteiger partial charge >= 0.3 is 0 Å². The predicted octanol–water partition coefficient (Wildman–Crippen LogP) is 2.95. The lowest BCUT2D eigenvalue weighted by atomic mass is 10.2. The van der Waals surface area contributed by atoms with Crippen molar-refractivity contribution < 1.29 is 5.11 Å². The van der Waals surface area contributed by atoms with Crippen LogP contribution in [0, 0.1) is 0 Å². The first-order valence-electron chi connectivity index (χ1n) is 4.97. The molecule has 0 amide bonds. The first-order chi connectivity index (χ1) is 8.06. The quantitative estimate of drug-likeness (QED) is 0.375. The number of hydrogen-bond donors (Lipinski definition) is 4. The Hall–Kier alpha value is -2.07. The van der Waals surface area contributed by atoms with Gasteiger partial charge in [0.05, 0.1) is 16.4 Å². The fraction of sp³-hybridized carbons (Fsp3) is 0. The highest BCUT2D eigenvalue weighted by Crippen LogP contribution is 2.32. The van der Waals surface area contributed by atoms with Crippen molar-refractivity contribution in [3.8, 4) is 5.75 Å². The number of anilines is 4. The number of nitrogens with two attached hydrogens (primary N) is 2. The van der Waals surface area contributed by atoms with Gasteiger partial charge in [0.15, 0.2) is 0 Å². The van der Waals surface area contributed by atoms with E-state index < -0.39 is 0 Å². The highest BCUT2D eigenvalue weighted by atomic mass is 35.5. The molecule has 2 aromatic rings. The highest BCUT2D eigenvalue weighted by molar-refractivity contribution is 6.33. The molecule has 0 saturated carbocycles. The molecule has 0 heterocycles. The SMILES string of the molecule is Nc1ccc(O)c(Nc2cc(N)ccc2Cl)c1. The fourth-order valence-electron chi connectivity index (χ4n) is 1.44. The number of rotatable bonds is 2. The molecule has 17 heavy (non-hydrogen) atoms. The van der Waals surface area contributed by atoms with Gasteiger partial charge in [-0.2, -0.15) is 0 Å². The number of phenols is 1. The number of halogens is 1. The Morgan fingerprint density at radius 1 is 0.941 bits per heavy atom. The summed E-state index contributed by atoms with van der Waals surface area (Å²) >= 11 is 6.01. The molecule has 4 nitrogen and oxygen atoms in total. The number of nitrogens with one attached hydrogen (secondary N) is 1. The van der Waals surface area contributed by atoms with E-state index >= 15 is 0 Å². The second-order valence-electron chi connectivity index (χ2n) is 3.64. The van der Waals surface area contributed by atoms with Crippen molar-refractivity contribution in [2.24, 2.45) is 0 Å². The minimum atomic E-state index is 0.0951. The lowest BCUT2D eigenvalue weighted by Crippen LogP contribution is -1.95. The summed E-state index contributed by atoms with van der Waals surface area (Å²) in [6.07, 6.45) is 0. The third-order valence-corrected chi connectivity index (χ3v) is 2.61. The van der Waals surface area contributed by atoms with Gasteiger partial charge in [-0.25, -0.2) is 0 Å². The maximum Gasteiger partial charge on any atom is 0.139 e. The van der Waals surface area contributed by atoms with Crippen LogP contribution >= 0.6 is 11.6 Å². The third-order valence-electron chi connectivity index (χ3n) is 2.28. The molecule has 6 N–H and O–H groups in total. The van der Waals surface area contributed by atoms with Crippen molar-refractivity contribution in [3.05, 3.63) is 41.4 Å². The van der Waals surface area contributed by atoms with Gasteiger partial charge in [0.25, 0.3) is 0 Å². The zero-order valence-electron chi connectivity index (χ0n) is 8.94. The molecule has 0 atom stereocenters. The van der Waals surface area contributed by atoms with Crippen molar-refractivity contribution in [1.82, 2.24) is 0 Å².